The Bertz CT molecular complexity index is 1170. The van der Waals surface area contributed by atoms with Crippen molar-refractivity contribution in [3.63, 3.8) is 0 Å². The van der Waals surface area contributed by atoms with E-state index in [-0.39, 0.29) is 46.2 Å². The molecular formula is C25H30N5O4-. The summed E-state index contributed by atoms with van der Waals surface area (Å²) in [6.45, 7) is 4.49. The van der Waals surface area contributed by atoms with Crippen molar-refractivity contribution in [2.75, 3.05) is 49.9 Å². The maximum absolute atomic E-state index is 13.9. The maximum Gasteiger partial charge on any atom is 0.250 e. The molecule has 0 aliphatic carbocycles. The Balaban J connectivity index is 1.42. The van der Waals surface area contributed by atoms with E-state index in [0.717, 1.165) is 43.0 Å². The summed E-state index contributed by atoms with van der Waals surface area (Å²) in [5.74, 6) is 0.306. The third kappa shape index (κ3) is 3.41. The number of fused-ring (bicyclic) bond motifs is 8. The van der Waals surface area contributed by atoms with E-state index in [0.29, 0.717) is 26.1 Å². The molecule has 4 aliphatic heterocycles. The first-order chi connectivity index (χ1) is 16.4. The van der Waals surface area contributed by atoms with Gasteiger partial charge < -0.3 is 29.7 Å². The van der Waals surface area contributed by atoms with Crippen LogP contribution in [0.15, 0.2) is 41.2 Å². The van der Waals surface area contributed by atoms with Gasteiger partial charge in [0, 0.05) is 68.7 Å². The van der Waals surface area contributed by atoms with Crippen molar-refractivity contribution in [2.24, 2.45) is 11.8 Å². The fourth-order valence-corrected chi connectivity index (χ4v) is 6.70. The Morgan fingerprint density at radius 2 is 1.91 bits per heavy atom. The van der Waals surface area contributed by atoms with E-state index < -0.39 is 0 Å². The SMILES string of the molecule is CN1CCN(C(=O)[C@@H]2Cc3cc(N([O-])O)ccc3N3CC4CC(Cn5c4cccc5=O)[C@@H]23)CC1. The van der Waals surface area contributed by atoms with E-state index in [9.17, 15) is 20.0 Å². The zero-order chi connectivity index (χ0) is 23.6. The summed E-state index contributed by atoms with van der Waals surface area (Å²) >= 11 is 0. The molecule has 4 atom stereocenters. The Labute approximate surface area is 198 Å². The molecular weight excluding hydrogens is 434 g/mol. The van der Waals surface area contributed by atoms with Gasteiger partial charge in [0.2, 0.25) is 5.91 Å². The number of nitrogens with zero attached hydrogens (tertiary/aromatic N) is 5. The van der Waals surface area contributed by atoms with Gasteiger partial charge in [-0.2, -0.15) is 0 Å². The van der Waals surface area contributed by atoms with E-state index in [1.54, 1.807) is 18.2 Å². The highest BCUT2D eigenvalue weighted by molar-refractivity contribution is 5.83. The molecule has 0 radical (unpaired) electrons. The van der Waals surface area contributed by atoms with Crippen LogP contribution in [0.3, 0.4) is 0 Å². The number of anilines is 2. The molecule has 2 fully saturated rings. The van der Waals surface area contributed by atoms with Crippen LogP contribution in [0.25, 0.3) is 0 Å². The summed E-state index contributed by atoms with van der Waals surface area (Å²) < 4.78 is 1.91. The second-order valence-electron chi connectivity index (χ2n) is 10.3. The Morgan fingerprint density at radius 3 is 2.68 bits per heavy atom. The monoisotopic (exact) mass is 464 g/mol. The molecule has 2 bridgehead atoms. The first-order valence-electron chi connectivity index (χ1n) is 12.1. The highest BCUT2D eigenvalue weighted by Crippen LogP contribution is 2.48. The number of piperazine rings is 1. The molecule has 4 aliphatic rings. The summed E-state index contributed by atoms with van der Waals surface area (Å²) in [4.78, 5) is 33.1. The normalized spacial score (nSPS) is 28.1. The Morgan fingerprint density at radius 1 is 1.12 bits per heavy atom. The van der Waals surface area contributed by atoms with E-state index in [4.69, 9.17) is 0 Å². The van der Waals surface area contributed by atoms with Crippen LogP contribution < -0.4 is 15.7 Å². The molecule has 0 saturated carbocycles. The lowest BCUT2D eigenvalue weighted by atomic mass is 9.69. The smallest absolute Gasteiger partial charge is 0.250 e. The number of carbonyl (C=O) groups is 1. The topological polar surface area (TPSA) is 95.3 Å². The van der Waals surface area contributed by atoms with Gasteiger partial charge in [0.25, 0.3) is 5.56 Å². The van der Waals surface area contributed by atoms with Crippen LogP contribution in [-0.2, 0) is 17.8 Å². The van der Waals surface area contributed by atoms with Crippen LogP contribution in [0.2, 0.25) is 0 Å². The average Bonchev–Trinajstić information content (AvgIpc) is 2.84. The minimum atomic E-state index is -0.253. The van der Waals surface area contributed by atoms with Crippen molar-refractivity contribution in [3.8, 4) is 0 Å². The van der Waals surface area contributed by atoms with Crippen molar-refractivity contribution in [3.05, 3.63) is 63.2 Å². The van der Waals surface area contributed by atoms with Crippen molar-refractivity contribution >= 4 is 17.3 Å². The molecule has 9 heteroatoms. The molecule has 1 N–H and O–H groups in total. The van der Waals surface area contributed by atoms with E-state index >= 15 is 0 Å². The molecule has 6 rings (SSSR count). The maximum atomic E-state index is 13.9. The molecule has 9 nitrogen and oxygen atoms in total. The predicted molar refractivity (Wildman–Crippen MR) is 128 cm³/mol. The number of likely N-dealkylation sites (N-methyl/N-ethyl adjacent to an activating group) is 1. The average molecular weight is 465 g/mol. The minimum Gasteiger partial charge on any atom is -0.733 e. The van der Waals surface area contributed by atoms with Gasteiger partial charge in [-0.05, 0) is 55.6 Å². The van der Waals surface area contributed by atoms with Gasteiger partial charge in [-0.15, -0.1) is 0 Å². The number of hydrogen-bond donors (Lipinski definition) is 1. The number of aromatic nitrogens is 1. The molecule has 1 aromatic heterocycles. The van der Waals surface area contributed by atoms with Crippen molar-refractivity contribution < 1.29 is 10.0 Å². The van der Waals surface area contributed by atoms with Gasteiger partial charge >= 0.3 is 0 Å². The lowest BCUT2D eigenvalue weighted by Gasteiger charge is -2.55. The zero-order valence-electron chi connectivity index (χ0n) is 19.3. The van der Waals surface area contributed by atoms with E-state index in [2.05, 4.69) is 16.8 Å². The van der Waals surface area contributed by atoms with Gasteiger partial charge in [0.05, 0.1) is 11.6 Å². The highest BCUT2D eigenvalue weighted by atomic mass is 16.8. The third-order valence-electron chi connectivity index (χ3n) is 8.34. The van der Waals surface area contributed by atoms with Crippen LogP contribution in [0.1, 0.15) is 23.6 Å². The van der Waals surface area contributed by atoms with Crippen molar-refractivity contribution in [1.82, 2.24) is 14.4 Å². The van der Waals surface area contributed by atoms with Gasteiger partial charge in [0.15, 0.2) is 0 Å². The fraction of sp³-hybridized carbons (Fsp3) is 0.520. The lowest BCUT2D eigenvalue weighted by Crippen LogP contribution is -2.62. The quantitative estimate of drug-likeness (QED) is 0.673. The van der Waals surface area contributed by atoms with Gasteiger partial charge in [-0.3, -0.25) is 14.8 Å². The second-order valence-corrected chi connectivity index (χ2v) is 10.3. The summed E-state index contributed by atoms with van der Waals surface area (Å²) in [7, 11) is 2.07. The van der Waals surface area contributed by atoms with Crippen molar-refractivity contribution in [2.45, 2.75) is 31.3 Å². The summed E-state index contributed by atoms with van der Waals surface area (Å²) in [6.07, 6.45) is 1.50. The summed E-state index contributed by atoms with van der Waals surface area (Å²) in [6, 6.07) is 10.7. The molecule has 2 unspecified atom stereocenters. The number of amides is 1. The lowest BCUT2D eigenvalue weighted by molar-refractivity contribution is -0.139. The molecule has 1 amide bonds. The molecule has 1 aromatic carbocycles. The van der Waals surface area contributed by atoms with Crippen LogP contribution in [0.4, 0.5) is 11.4 Å². The van der Waals surface area contributed by atoms with Gasteiger partial charge in [0.1, 0.15) is 0 Å². The number of rotatable bonds is 2. The number of piperidine rings is 1. The third-order valence-corrected chi connectivity index (χ3v) is 8.34. The Kier molecular flexibility index (Phi) is 5.16. The van der Waals surface area contributed by atoms with Crippen LogP contribution in [0.5, 0.6) is 0 Å². The number of benzene rings is 1. The standard InChI is InChI=1S/C25H30N5O4/c1-26-7-9-27(10-8-26)25(32)20-13-16-12-19(30(33)34)5-6-22(16)29-14-17-11-18(24(20)29)15-28-21(17)3-2-4-23(28)31/h2-6,12,17-18,20,24,33H,7-11,13-15H2,1H3/q-1/t17?,18?,20-,24+/m1/s1. The predicted octanol–water partition coefficient (Wildman–Crippen LogP) is 1.48. The summed E-state index contributed by atoms with van der Waals surface area (Å²) in [5, 5.41) is 20.9. The molecule has 2 aromatic rings. The molecule has 34 heavy (non-hydrogen) atoms. The first kappa shape index (κ1) is 21.6. The molecule has 2 saturated heterocycles. The molecule has 0 spiro atoms. The molecule has 180 valence electrons. The fourth-order valence-electron chi connectivity index (χ4n) is 6.70. The largest absolute Gasteiger partial charge is 0.733 e. The van der Waals surface area contributed by atoms with Crippen LogP contribution in [-0.4, -0.2) is 71.3 Å². The Hall–Kier alpha value is -2.88. The summed E-state index contributed by atoms with van der Waals surface area (Å²) in [5.41, 5.74) is 3.22. The van der Waals surface area contributed by atoms with E-state index in [1.807, 2.05) is 27.7 Å². The van der Waals surface area contributed by atoms with Gasteiger partial charge in [-0.1, -0.05) is 6.07 Å². The van der Waals surface area contributed by atoms with Crippen molar-refractivity contribution in [1.29, 1.82) is 0 Å². The number of pyridine rings is 1. The van der Waals surface area contributed by atoms with Crippen LogP contribution >= 0.6 is 0 Å². The second kappa shape index (κ2) is 8.11. The number of hydrogen-bond acceptors (Lipinski definition) is 7. The van der Waals surface area contributed by atoms with Gasteiger partial charge in [-0.25, -0.2) is 0 Å². The highest BCUT2D eigenvalue weighted by Gasteiger charge is 2.50. The first-order valence-corrected chi connectivity index (χ1v) is 12.1. The number of carbonyl (C=O) groups excluding carboxylic acids is 1. The van der Waals surface area contributed by atoms with Crippen LogP contribution in [0, 0.1) is 17.0 Å². The zero-order valence-corrected chi connectivity index (χ0v) is 19.3. The van der Waals surface area contributed by atoms with E-state index in [1.165, 1.54) is 0 Å². The minimum absolute atomic E-state index is 0.000469. The molecule has 5 heterocycles.